The first-order chi connectivity index (χ1) is 10.2. The fourth-order valence-corrected chi connectivity index (χ4v) is 2.52. The first kappa shape index (κ1) is 15.6. The van der Waals surface area contributed by atoms with E-state index >= 15 is 0 Å². The molecule has 21 heavy (non-hydrogen) atoms. The summed E-state index contributed by atoms with van der Waals surface area (Å²) in [5.74, 6) is 0.790. The maximum Gasteiger partial charge on any atom is 0.255 e. The highest BCUT2D eigenvalue weighted by atomic mass is 16.5. The molecule has 1 aromatic rings. The van der Waals surface area contributed by atoms with E-state index in [1.807, 2.05) is 0 Å². The summed E-state index contributed by atoms with van der Waals surface area (Å²) >= 11 is 0. The molecule has 1 amide bonds. The third kappa shape index (κ3) is 3.65. The number of aliphatic hydroxyl groups excluding tert-OH is 1. The molecule has 2 atom stereocenters. The van der Waals surface area contributed by atoms with Gasteiger partial charge >= 0.3 is 0 Å². The number of methoxy groups -OCH3 is 2. The Balaban J connectivity index is 2.03. The lowest BCUT2D eigenvalue weighted by Gasteiger charge is -2.28. The third-order valence-corrected chi connectivity index (χ3v) is 3.76. The standard InChI is InChI=1S/C15H22N2O4/c1-20-13-5-3-4-11(14(13)21-2)15(19)17-8-10-6-7-16-9-12(10)18/h3-5,10,12,16,18H,6-9H2,1-2H3,(H,17,19). The lowest BCUT2D eigenvalue weighted by atomic mass is 9.95. The van der Waals surface area contributed by atoms with E-state index in [0.29, 0.717) is 30.2 Å². The van der Waals surface area contributed by atoms with Crippen LogP contribution in [-0.2, 0) is 0 Å². The first-order valence-electron chi connectivity index (χ1n) is 7.05. The Kier molecular flexibility index (Phi) is 5.41. The van der Waals surface area contributed by atoms with Gasteiger partial charge in [-0.1, -0.05) is 6.07 Å². The maximum absolute atomic E-state index is 12.3. The van der Waals surface area contributed by atoms with Crippen LogP contribution in [0.25, 0.3) is 0 Å². The Morgan fingerprint density at radius 2 is 2.24 bits per heavy atom. The number of carbonyl (C=O) groups is 1. The van der Waals surface area contributed by atoms with Crippen molar-refractivity contribution in [3.8, 4) is 11.5 Å². The van der Waals surface area contributed by atoms with Crippen molar-refractivity contribution in [2.75, 3.05) is 33.9 Å². The molecule has 0 aliphatic carbocycles. The predicted molar refractivity (Wildman–Crippen MR) is 78.9 cm³/mol. The Bertz CT molecular complexity index is 493. The van der Waals surface area contributed by atoms with Crippen molar-refractivity contribution in [2.45, 2.75) is 12.5 Å². The van der Waals surface area contributed by atoms with Crippen molar-refractivity contribution in [1.82, 2.24) is 10.6 Å². The van der Waals surface area contributed by atoms with E-state index in [0.717, 1.165) is 13.0 Å². The molecular weight excluding hydrogens is 272 g/mol. The van der Waals surface area contributed by atoms with Crippen LogP contribution >= 0.6 is 0 Å². The number of piperidine rings is 1. The zero-order valence-electron chi connectivity index (χ0n) is 12.4. The Morgan fingerprint density at radius 1 is 1.43 bits per heavy atom. The van der Waals surface area contributed by atoms with Gasteiger partial charge in [-0.05, 0) is 25.1 Å². The summed E-state index contributed by atoms with van der Waals surface area (Å²) in [4.78, 5) is 12.3. The van der Waals surface area contributed by atoms with Crippen molar-refractivity contribution < 1.29 is 19.4 Å². The van der Waals surface area contributed by atoms with Crippen LogP contribution in [-0.4, -0.2) is 51.0 Å². The molecule has 1 heterocycles. The number of β-amino-alcohol motifs (C(OH)–C–C–N with tert-alkyl or cyclic N) is 1. The number of carbonyl (C=O) groups excluding carboxylic acids is 1. The Morgan fingerprint density at radius 3 is 2.90 bits per heavy atom. The van der Waals surface area contributed by atoms with E-state index < -0.39 is 6.10 Å². The predicted octanol–water partition coefficient (Wildman–Crippen LogP) is 0.404. The smallest absolute Gasteiger partial charge is 0.255 e. The van der Waals surface area contributed by atoms with Crippen LogP contribution in [0.4, 0.5) is 0 Å². The van der Waals surface area contributed by atoms with Gasteiger partial charge in [-0.3, -0.25) is 4.79 Å². The SMILES string of the molecule is COc1cccc(C(=O)NCC2CCNCC2O)c1OC. The second-order valence-electron chi connectivity index (χ2n) is 5.07. The summed E-state index contributed by atoms with van der Waals surface area (Å²) in [5.41, 5.74) is 0.431. The highest BCUT2D eigenvalue weighted by Gasteiger charge is 2.24. The zero-order chi connectivity index (χ0) is 15.2. The molecule has 2 unspecified atom stereocenters. The molecule has 6 nitrogen and oxygen atoms in total. The molecule has 0 bridgehead atoms. The number of para-hydroxylation sites is 1. The normalized spacial score (nSPS) is 21.7. The Hall–Kier alpha value is -1.79. The summed E-state index contributed by atoms with van der Waals surface area (Å²) in [6.07, 6.45) is 0.419. The van der Waals surface area contributed by atoms with Gasteiger partial charge < -0.3 is 25.2 Å². The van der Waals surface area contributed by atoms with Crippen LogP contribution < -0.4 is 20.1 Å². The zero-order valence-corrected chi connectivity index (χ0v) is 12.4. The summed E-state index contributed by atoms with van der Waals surface area (Å²) in [5, 5.41) is 15.9. The molecule has 116 valence electrons. The van der Waals surface area contributed by atoms with Crippen molar-refractivity contribution >= 4 is 5.91 Å². The van der Waals surface area contributed by atoms with Crippen molar-refractivity contribution in [3.05, 3.63) is 23.8 Å². The topological polar surface area (TPSA) is 79.8 Å². The number of hydrogen-bond acceptors (Lipinski definition) is 5. The second-order valence-corrected chi connectivity index (χ2v) is 5.07. The second kappa shape index (κ2) is 7.28. The lowest BCUT2D eigenvalue weighted by molar-refractivity contribution is 0.0752. The van der Waals surface area contributed by atoms with Crippen molar-refractivity contribution in [2.24, 2.45) is 5.92 Å². The molecule has 1 aliphatic heterocycles. The van der Waals surface area contributed by atoms with E-state index in [4.69, 9.17) is 9.47 Å². The molecule has 1 saturated heterocycles. The monoisotopic (exact) mass is 294 g/mol. The fourth-order valence-electron chi connectivity index (χ4n) is 2.52. The van der Waals surface area contributed by atoms with Gasteiger partial charge in [0, 0.05) is 19.0 Å². The minimum Gasteiger partial charge on any atom is -0.493 e. The van der Waals surface area contributed by atoms with Crippen LogP contribution in [0.1, 0.15) is 16.8 Å². The van der Waals surface area contributed by atoms with E-state index in [1.54, 1.807) is 18.2 Å². The van der Waals surface area contributed by atoms with Gasteiger partial charge in [0.05, 0.1) is 25.9 Å². The lowest BCUT2D eigenvalue weighted by Crippen LogP contribution is -2.45. The van der Waals surface area contributed by atoms with Gasteiger partial charge in [-0.15, -0.1) is 0 Å². The summed E-state index contributed by atoms with van der Waals surface area (Å²) in [6, 6.07) is 5.18. The average molecular weight is 294 g/mol. The molecule has 0 spiro atoms. The maximum atomic E-state index is 12.3. The van der Waals surface area contributed by atoms with E-state index in [-0.39, 0.29) is 11.8 Å². The van der Waals surface area contributed by atoms with Crippen LogP contribution in [0.15, 0.2) is 18.2 Å². The number of hydrogen-bond donors (Lipinski definition) is 3. The molecule has 6 heteroatoms. The number of benzene rings is 1. The molecule has 3 N–H and O–H groups in total. The van der Waals surface area contributed by atoms with E-state index in [9.17, 15) is 9.90 Å². The molecule has 2 rings (SSSR count). The van der Waals surface area contributed by atoms with E-state index in [2.05, 4.69) is 10.6 Å². The summed E-state index contributed by atoms with van der Waals surface area (Å²) in [6.45, 7) is 1.88. The molecule has 1 aliphatic rings. The van der Waals surface area contributed by atoms with Gasteiger partial charge in [-0.25, -0.2) is 0 Å². The highest BCUT2D eigenvalue weighted by molar-refractivity contribution is 5.97. The number of amides is 1. The number of nitrogens with one attached hydrogen (secondary N) is 2. The summed E-state index contributed by atoms with van der Waals surface area (Å²) < 4.78 is 10.4. The van der Waals surface area contributed by atoms with Gasteiger partial charge in [-0.2, -0.15) is 0 Å². The molecule has 0 saturated carbocycles. The molecule has 0 radical (unpaired) electrons. The van der Waals surface area contributed by atoms with Crippen LogP contribution in [0, 0.1) is 5.92 Å². The Labute approximate surface area is 124 Å². The average Bonchev–Trinajstić information content (AvgIpc) is 2.52. The molecule has 0 aromatic heterocycles. The van der Waals surface area contributed by atoms with Crippen LogP contribution in [0.2, 0.25) is 0 Å². The fraction of sp³-hybridized carbons (Fsp3) is 0.533. The van der Waals surface area contributed by atoms with Crippen LogP contribution in [0.5, 0.6) is 11.5 Å². The van der Waals surface area contributed by atoms with Gasteiger partial charge in [0.25, 0.3) is 5.91 Å². The van der Waals surface area contributed by atoms with Gasteiger partial charge in [0.15, 0.2) is 11.5 Å². The largest absolute Gasteiger partial charge is 0.493 e. The quantitative estimate of drug-likeness (QED) is 0.733. The number of rotatable bonds is 5. The molecular formula is C15H22N2O4. The van der Waals surface area contributed by atoms with Crippen LogP contribution in [0.3, 0.4) is 0 Å². The van der Waals surface area contributed by atoms with E-state index in [1.165, 1.54) is 14.2 Å². The first-order valence-corrected chi connectivity index (χ1v) is 7.05. The van der Waals surface area contributed by atoms with Gasteiger partial charge in [0.2, 0.25) is 0 Å². The minimum atomic E-state index is -0.425. The van der Waals surface area contributed by atoms with Crippen molar-refractivity contribution in [3.63, 3.8) is 0 Å². The molecule has 1 aromatic carbocycles. The number of aliphatic hydroxyl groups is 1. The van der Waals surface area contributed by atoms with Gasteiger partial charge in [0.1, 0.15) is 0 Å². The number of ether oxygens (including phenoxy) is 2. The third-order valence-electron chi connectivity index (χ3n) is 3.76. The highest BCUT2D eigenvalue weighted by Crippen LogP contribution is 2.30. The van der Waals surface area contributed by atoms with Crippen molar-refractivity contribution in [1.29, 1.82) is 0 Å². The molecule has 1 fully saturated rings. The summed E-state index contributed by atoms with van der Waals surface area (Å²) in [7, 11) is 3.04. The minimum absolute atomic E-state index is 0.0757.